The van der Waals surface area contributed by atoms with Gasteiger partial charge in [-0.1, -0.05) is 59.3 Å². The van der Waals surface area contributed by atoms with Gasteiger partial charge in [0.15, 0.2) is 0 Å². The number of likely N-dealkylation sites (tertiary alicyclic amines) is 1. The van der Waals surface area contributed by atoms with E-state index in [2.05, 4.69) is 10.6 Å². The van der Waals surface area contributed by atoms with Gasteiger partial charge < -0.3 is 20.7 Å². The first-order valence-electron chi connectivity index (χ1n) is 15.3. The minimum absolute atomic E-state index is 0.0358. The molecule has 4 rings (SSSR count). The zero-order chi connectivity index (χ0) is 31.0. The molecule has 3 saturated carbocycles. The largest absolute Gasteiger partial charge is 0.464 e. The lowest BCUT2D eigenvalue weighted by molar-refractivity contribution is -0.145. The predicted molar refractivity (Wildman–Crippen MR) is 158 cm³/mol. The fourth-order valence-corrected chi connectivity index (χ4v) is 7.70. The van der Waals surface area contributed by atoms with Gasteiger partial charge in [0.2, 0.25) is 17.6 Å². The molecule has 2 unspecified atom stereocenters. The number of halogens is 2. The average Bonchev–Trinajstić information content (AvgIpc) is 3.21. The van der Waals surface area contributed by atoms with Crippen molar-refractivity contribution in [3.8, 4) is 0 Å². The van der Waals surface area contributed by atoms with Gasteiger partial charge >= 0.3 is 5.97 Å². The van der Waals surface area contributed by atoms with Crippen molar-refractivity contribution in [2.24, 2.45) is 34.8 Å². The van der Waals surface area contributed by atoms with Crippen molar-refractivity contribution in [3.05, 3.63) is 0 Å². The molecule has 4 aliphatic rings. The minimum atomic E-state index is -1.16. The Bertz CT molecular complexity index is 1070. The number of nitrogens with one attached hydrogen (secondary N) is 2. The van der Waals surface area contributed by atoms with E-state index >= 15 is 0 Å². The number of alkyl halides is 2. The van der Waals surface area contributed by atoms with Crippen LogP contribution in [0.4, 0.5) is 0 Å². The van der Waals surface area contributed by atoms with Crippen LogP contribution in [0.25, 0.3) is 0 Å². The van der Waals surface area contributed by atoms with Crippen LogP contribution in [0.15, 0.2) is 0 Å². The fourth-order valence-electron chi connectivity index (χ4n) is 6.88. The molecule has 0 spiro atoms. The second-order valence-electron chi connectivity index (χ2n) is 13.8. The normalized spacial score (nSPS) is 27.7. The maximum Gasteiger partial charge on any atom is 0.302 e. The summed E-state index contributed by atoms with van der Waals surface area (Å²) < 4.78 is 4.21. The predicted octanol–water partition coefficient (Wildman–Crippen LogP) is 2.86. The number of rotatable bonds is 12. The molecule has 12 heteroatoms. The number of nitrogens with zero attached hydrogens (tertiary/aromatic N) is 1. The Kier molecular flexibility index (Phi) is 10.2. The lowest BCUT2D eigenvalue weighted by Gasteiger charge is -2.41. The van der Waals surface area contributed by atoms with Crippen LogP contribution < -0.4 is 16.4 Å². The van der Waals surface area contributed by atoms with Crippen LogP contribution in [0, 0.1) is 29.1 Å². The highest BCUT2D eigenvalue weighted by atomic mass is 35.5. The van der Waals surface area contributed by atoms with Crippen molar-refractivity contribution in [3.63, 3.8) is 0 Å². The van der Waals surface area contributed by atoms with E-state index in [4.69, 9.17) is 33.7 Å². The smallest absolute Gasteiger partial charge is 0.302 e. The van der Waals surface area contributed by atoms with Crippen LogP contribution in [0.2, 0.25) is 0 Å². The van der Waals surface area contributed by atoms with Crippen LogP contribution in [0.3, 0.4) is 0 Å². The summed E-state index contributed by atoms with van der Waals surface area (Å²) in [6.07, 6.45) is 8.01. The molecule has 1 heterocycles. The van der Waals surface area contributed by atoms with Gasteiger partial charge in [0.1, 0.15) is 17.0 Å². The van der Waals surface area contributed by atoms with E-state index in [1.807, 2.05) is 20.8 Å². The Morgan fingerprint density at radius 3 is 2.19 bits per heavy atom. The Balaban J connectivity index is 1.59. The summed E-state index contributed by atoms with van der Waals surface area (Å²) in [6.45, 7) is 7.73. The van der Waals surface area contributed by atoms with E-state index in [9.17, 15) is 24.0 Å². The topological polar surface area (TPSA) is 148 Å². The summed E-state index contributed by atoms with van der Waals surface area (Å²) in [5, 5.41) is 6.30. The summed E-state index contributed by atoms with van der Waals surface area (Å²) in [5.74, 6) is -3.65. The molecule has 4 fully saturated rings. The molecule has 3 amide bonds. The zero-order valence-electron chi connectivity index (χ0n) is 25.1. The molecule has 1 saturated heterocycles. The molecule has 0 aromatic carbocycles. The molecule has 4 N–H and O–H groups in total. The van der Waals surface area contributed by atoms with Crippen molar-refractivity contribution < 1.29 is 28.7 Å². The van der Waals surface area contributed by atoms with E-state index in [1.165, 1.54) is 6.92 Å². The third-order valence-electron chi connectivity index (χ3n) is 9.82. The minimum Gasteiger partial charge on any atom is -0.464 e. The van der Waals surface area contributed by atoms with Gasteiger partial charge in [0, 0.05) is 31.3 Å². The highest BCUT2D eigenvalue weighted by Crippen LogP contribution is 2.65. The van der Waals surface area contributed by atoms with Crippen LogP contribution in [0.1, 0.15) is 85.5 Å². The first kappa shape index (κ1) is 33.0. The molecule has 236 valence electrons. The van der Waals surface area contributed by atoms with E-state index in [1.54, 1.807) is 4.90 Å². The SMILES string of the molecule is CC(=O)OCC(N[C@H](C(=O)N1C[C@H]2[C@@H]([C@H]1C(=O)NC(CC1CCC1)C(=O)C(N)=O)C2(Cl)Cl)C1CCCCC1)C(C)(C)C. The molecule has 10 nitrogen and oxygen atoms in total. The summed E-state index contributed by atoms with van der Waals surface area (Å²) in [5.41, 5.74) is 4.98. The Hall–Kier alpha value is -1.91. The number of primary amides is 1. The van der Waals surface area contributed by atoms with E-state index in [-0.39, 0.29) is 48.3 Å². The molecule has 0 bridgehead atoms. The van der Waals surface area contributed by atoms with Gasteiger partial charge in [-0.15, -0.1) is 23.2 Å². The number of amides is 3. The molecule has 1 aliphatic heterocycles. The van der Waals surface area contributed by atoms with Gasteiger partial charge in [-0.2, -0.15) is 0 Å². The molecule has 0 radical (unpaired) electrons. The lowest BCUT2D eigenvalue weighted by atomic mass is 9.80. The second kappa shape index (κ2) is 13.0. The quantitative estimate of drug-likeness (QED) is 0.171. The Morgan fingerprint density at radius 2 is 1.67 bits per heavy atom. The lowest BCUT2D eigenvalue weighted by Crippen LogP contribution is -2.61. The molecule has 42 heavy (non-hydrogen) atoms. The number of hydrogen-bond donors (Lipinski definition) is 3. The second-order valence-corrected chi connectivity index (χ2v) is 15.3. The van der Waals surface area contributed by atoms with E-state index in [0.29, 0.717) is 6.42 Å². The van der Waals surface area contributed by atoms with Crippen molar-refractivity contribution in [1.29, 1.82) is 0 Å². The Morgan fingerprint density at radius 1 is 1.02 bits per heavy atom. The molecule has 0 aromatic rings. The van der Waals surface area contributed by atoms with E-state index < -0.39 is 51.9 Å². The number of fused-ring (bicyclic) bond motifs is 1. The molecule has 0 aromatic heterocycles. The van der Waals surface area contributed by atoms with Gasteiger partial charge in [-0.3, -0.25) is 29.3 Å². The standard InChI is InChI=1S/C30H46Cl2N4O6/c1-16(37)42-15-21(29(2,3)4)35-23(18-11-6-5-7-12-18)28(41)36-14-19-22(30(19,31)32)24(36)27(40)34-20(25(38)26(33)39)13-17-9-8-10-17/h17-24,35H,5-15H2,1-4H3,(H2,33,39)(H,34,40)/t19-,20?,21?,22-,23-,24-/m0/s1. The summed E-state index contributed by atoms with van der Waals surface area (Å²) >= 11 is 13.1. The third-order valence-corrected chi connectivity index (χ3v) is 10.9. The number of ketones is 1. The number of ether oxygens (including phenoxy) is 1. The van der Waals surface area contributed by atoms with Crippen molar-refractivity contribution in [2.75, 3.05) is 13.2 Å². The summed E-state index contributed by atoms with van der Waals surface area (Å²) in [6, 6.07) is -2.98. The van der Waals surface area contributed by atoms with Gasteiger partial charge in [-0.25, -0.2) is 0 Å². The van der Waals surface area contributed by atoms with Crippen LogP contribution in [0.5, 0.6) is 0 Å². The highest BCUT2D eigenvalue weighted by Gasteiger charge is 2.74. The number of esters is 1. The molecular formula is C30H46Cl2N4O6. The van der Waals surface area contributed by atoms with Crippen LogP contribution >= 0.6 is 23.2 Å². The van der Waals surface area contributed by atoms with Gasteiger partial charge in [0.05, 0.1) is 12.1 Å². The highest BCUT2D eigenvalue weighted by molar-refractivity contribution is 6.51. The molecule has 6 atom stereocenters. The maximum absolute atomic E-state index is 14.4. The number of nitrogens with two attached hydrogens (primary N) is 1. The van der Waals surface area contributed by atoms with Crippen LogP contribution in [-0.4, -0.2) is 76.0 Å². The summed E-state index contributed by atoms with van der Waals surface area (Å²) in [7, 11) is 0. The van der Waals surface area contributed by atoms with Gasteiger partial charge in [0.25, 0.3) is 5.91 Å². The first-order chi connectivity index (χ1) is 19.6. The number of hydrogen-bond acceptors (Lipinski definition) is 7. The monoisotopic (exact) mass is 628 g/mol. The van der Waals surface area contributed by atoms with Gasteiger partial charge in [-0.05, 0) is 36.5 Å². The number of carbonyl (C=O) groups is 5. The number of Topliss-reactive ketones (excluding diaryl/α,β-unsaturated/α-hetero) is 1. The van der Waals surface area contributed by atoms with Crippen molar-refractivity contribution >= 4 is 52.7 Å². The summed E-state index contributed by atoms with van der Waals surface area (Å²) in [4.78, 5) is 66.0. The zero-order valence-corrected chi connectivity index (χ0v) is 26.6. The van der Waals surface area contributed by atoms with Crippen LogP contribution in [-0.2, 0) is 28.7 Å². The number of carbonyl (C=O) groups excluding carboxylic acids is 5. The Labute approximate surface area is 258 Å². The fraction of sp³-hybridized carbons (Fsp3) is 0.833. The van der Waals surface area contributed by atoms with Crippen molar-refractivity contribution in [2.45, 2.75) is 114 Å². The average molecular weight is 630 g/mol. The molecular weight excluding hydrogens is 583 g/mol. The first-order valence-corrected chi connectivity index (χ1v) is 16.1. The molecule has 3 aliphatic carbocycles. The van der Waals surface area contributed by atoms with Crippen molar-refractivity contribution in [1.82, 2.24) is 15.5 Å². The number of piperidine rings is 1. The van der Waals surface area contributed by atoms with E-state index in [0.717, 1.165) is 51.4 Å². The maximum atomic E-state index is 14.4. The third kappa shape index (κ3) is 7.24.